The number of halogens is 1. The molecule has 0 fully saturated rings. The van der Waals surface area contributed by atoms with Crippen LogP contribution in [0.25, 0.3) is 0 Å². The van der Waals surface area contributed by atoms with E-state index < -0.39 is 11.8 Å². The van der Waals surface area contributed by atoms with Crippen LogP contribution in [0, 0.1) is 13.8 Å². The van der Waals surface area contributed by atoms with Crippen LogP contribution in [0.4, 0.5) is 11.4 Å². The number of phenolic OH excluding ortho intramolecular Hbond substituents is 1. The van der Waals surface area contributed by atoms with Crippen molar-refractivity contribution in [2.24, 2.45) is 0 Å². The van der Waals surface area contributed by atoms with Crippen LogP contribution in [0.3, 0.4) is 0 Å². The Bertz CT molecular complexity index is 730. The molecule has 6 heteroatoms. The van der Waals surface area contributed by atoms with Gasteiger partial charge in [-0.3, -0.25) is 9.59 Å². The fourth-order valence-electron chi connectivity index (χ4n) is 1.85. The number of nitrogens with one attached hydrogen (secondary N) is 2. The SMILES string of the molecule is Cc1ccc(O)c(NC(=O)C(=O)Nc2cccc(Cl)c2C)c1. The molecular weight excluding hydrogens is 304 g/mol. The van der Waals surface area contributed by atoms with Gasteiger partial charge in [-0.1, -0.05) is 23.7 Å². The smallest absolute Gasteiger partial charge is 0.314 e. The summed E-state index contributed by atoms with van der Waals surface area (Å²) in [6, 6.07) is 9.73. The van der Waals surface area contributed by atoms with E-state index in [1.54, 1.807) is 37.3 Å². The topological polar surface area (TPSA) is 78.4 Å². The van der Waals surface area contributed by atoms with Crippen molar-refractivity contribution in [3.63, 3.8) is 0 Å². The molecule has 0 aliphatic carbocycles. The first-order chi connectivity index (χ1) is 10.4. The van der Waals surface area contributed by atoms with E-state index in [0.29, 0.717) is 16.3 Å². The fourth-order valence-corrected chi connectivity index (χ4v) is 2.03. The molecule has 0 aromatic heterocycles. The van der Waals surface area contributed by atoms with Gasteiger partial charge in [0, 0.05) is 10.7 Å². The van der Waals surface area contributed by atoms with Gasteiger partial charge in [0.2, 0.25) is 0 Å². The monoisotopic (exact) mass is 318 g/mol. The molecule has 0 bridgehead atoms. The van der Waals surface area contributed by atoms with Crippen molar-refractivity contribution in [1.82, 2.24) is 0 Å². The maximum atomic E-state index is 11.9. The summed E-state index contributed by atoms with van der Waals surface area (Å²) in [6.07, 6.45) is 0. The van der Waals surface area contributed by atoms with Gasteiger partial charge in [0.05, 0.1) is 5.69 Å². The van der Waals surface area contributed by atoms with E-state index in [1.165, 1.54) is 6.07 Å². The van der Waals surface area contributed by atoms with Crippen LogP contribution in [-0.2, 0) is 9.59 Å². The van der Waals surface area contributed by atoms with Crippen molar-refractivity contribution in [2.75, 3.05) is 10.6 Å². The Hall–Kier alpha value is -2.53. The summed E-state index contributed by atoms with van der Waals surface area (Å²) in [5.74, 6) is -1.82. The molecule has 0 aliphatic heterocycles. The molecular formula is C16H15ClN2O3. The second-order valence-corrected chi connectivity index (χ2v) is 5.25. The van der Waals surface area contributed by atoms with E-state index in [2.05, 4.69) is 10.6 Å². The molecule has 22 heavy (non-hydrogen) atoms. The zero-order valence-electron chi connectivity index (χ0n) is 12.1. The van der Waals surface area contributed by atoms with E-state index in [9.17, 15) is 14.7 Å². The summed E-state index contributed by atoms with van der Waals surface area (Å²) in [5, 5.41) is 15.0. The molecule has 0 saturated heterocycles. The lowest BCUT2D eigenvalue weighted by Crippen LogP contribution is -2.29. The van der Waals surface area contributed by atoms with Crippen LogP contribution in [-0.4, -0.2) is 16.9 Å². The van der Waals surface area contributed by atoms with Gasteiger partial charge in [0.25, 0.3) is 0 Å². The normalized spacial score (nSPS) is 10.1. The fraction of sp³-hybridized carbons (Fsp3) is 0.125. The molecule has 0 radical (unpaired) electrons. The molecule has 114 valence electrons. The second kappa shape index (κ2) is 6.49. The van der Waals surface area contributed by atoms with Crippen LogP contribution in [0.1, 0.15) is 11.1 Å². The average molecular weight is 319 g/mol. The molecule has 0 atom stereocenters. The van der Waals surface area contributed by atoms with Crippen LogP contribution in [0.5, 0.6) is 5.75 Å². The Morgan fingerprint density at radius 3 is 2.32 bits per heavy atom. The quantitative estimate of drug-likeness (QED) is 0.587. The Balaban J connectivity index is 2.11. The number of carbonyl (C=O) groups excluding carboxylic acids is 2. The first-order valence-electron chi connectivity index (χ1n) is 6.55. The first kappa shape index (κ1) is 15.9. The number of anilines is 2. The first-order valence-corrected chi connectivity index (χ1v) is 6.93. The molecule has 3 N–H and O–H groups in total. The Morgan fingerprint density at radius 2 is 1.64 bits per heavy atom. The third kappa shape index (κ3) is 3.56. The summed E-state index contributed by atoms with van der Waals surface area (Å²) in [7, 11) is 0. The highest BCUT2D eigenvalue weighted by Crippen LogP contribution is 2.25. The van der Waals surface area contributed by atoms with E-state index in [4.69, 9.17) is 11.6 Å². The van der Waals surface area contributed by atoms with Gasteiger partial charge in [-0.15, -0.1) is 0 Å². The molecule has 0 saturated carbocycles. The predicted molar refractivity (Wildman–Crippen MR) is 86.3 cm³/mol. The molecule has 2 rings (SSSR count). The number of benzene rings is 2. The summed E-state index contributed by atoms with van der Waals surface area (Å²) >= 11 is 5.96. The molecule has 0 spiro atoms. The van der Waals surface area contributed by atoms with Gasteiger partial charge < -0.3 is 15.7 Å². The summed E-state index contributed by atoms with van der Waals surface area (Å²) in [4.78, 5) is 23.8. The van der Waals surface area contributed by atoms with Crippen LogP contribution < -0.4 is 10.6 Å². The Labute approximate surface area is 132 Å². The molecule has 2 aromatic carbocycles. The molecule has 0 unspecified atom stereocenters. The van der Waals surface area contributed by atoms with E-state index in [0.717, 1.165) is 5.56 Å². The lowest BCUT2D eigenvalue weighted by Gasteiger charge is -2.10. The van der Waals surface area contributed by atoms with Crippen molar-refractivity contribution in [2.45, 2.75) is 13.8 Å². The van der Waals surface area contributed by atoms with Gasteiger partial charge in [-0.05, 0) is 49.2 Å². The predicted octanol–water partition coefficient (Wildman–Crippen LogP) is 3.24. The maximum Gasteiger partial charge on any atom is 0.314 e. The van der Waals surface area contributed by atoms with Gasteiger partial charge in [-0.25, -0.2) is 0 Å². The maximum absolute atomic E-state index is 11.9. The number of hydrogen-bond acceptors (Lipinski definition) is 3. The number of aryl methyl sites for hydroxylation is 1. The minimum atomic E-state index is -0.875. The Kier molecular flexibility index (Phi) is 4.68. The van der Waals surface area contributed by atoms with Crippen molar-refractivity contribution < 1.29 is 14.7 Å². The highest BCUT2D eigenvalue weighted by atomic mass is 35.5. The third-order valence-electron chi connectivity index (χ3n) is 3.12. The summed E-state index contributed by atoms with van der Waals surface area (Å²) in [6.45, 7) is 3.55. The summed E-state index contributed by atoms with van der Waals surface area (Å²) < 4.78 is 0. The van der Waals surface area contributed by atoms with Crippen LogP contribution in [0.2, 0.25) is 5.02 Å². The average Bonchev–Trinajstić information content (AvgIpc) is 2.47. The van der Waals surface area contributed by atoms with Crippen LogP contribution >= 0.6 is 11.6 Å². The zero-order chi connectivity index (χ0) is 16.3. The number of phenols is 1. The molecule has 0 heterocycles. The molecule has 2 amide bonds. The van der Waals surface area contributed by atoms with Gasteiger partial charge in [0.15, 0.2) is 0 Å². The highest BCUT2D eigenvalue weighted by Gasteiger charge is 2.17. The van der Waals surface area contributed by atoms with Gasteiger partial charge in [-0.2, -0.15) is 0 Å². The lowest BCUT2D eigenvalue weighted by molar-refractivity contribution is -0.133. The van der Waals surface area contributed by atoms with Crippen LogP contribution in [0.15, 0.2) is 36.4 Å². The van der Waals surface area contributed by atoms with Gasteiger partial charge >= 0.3 is 11.8 Å². The number of amides is 2. The summed E-state index contributed by atoms with van der Waals surface area (Å²) in [5.41, 5.74) is 2.16. The number of aromatic hydroxyl groups is 1. The van der Waals surface area contributed by atoms with Crippen molar-refractivity contribution in [3.05, 3.63) is 52.5 Å². The number of hydrogen-bond donors (Lipinski definition) is 3. The van der Waals surface area contributed by atoms with E-state index in [1.807, 2.05) is 6.92 Å². The standard InChI is InChI=1S/C16H15ClN2O3/c1-9-6-7-14(20)13(8-9)19-16(22)15(21)18-12-5-3-4-11(17)10(12)2/h3-8,20H,1-2H3,(H,18,21)(H,19,22). The molecule has 0 aliphatic rings. The van der Waals surface area contributed by atoms with E-state index in [-0.39, 0.29) is 11.4 Å². The van der Waals surface area contributed by atoms with Crippen molar-refractivity contribution in [1.29, 1.82) is 0 Å². The molecule has 5 nitrogen and oxygen atoms in total. The lowest BCUT2D eigenvalue weighted by atomic mass is 10.2. The number of rotatable bonds is 2. The van der Waals surface area contributed by atoms with Gasteiger partial charge in [0.1, 0.15) is 5.75 Å². The van der Waals surface area contributed by atoms with Crippen molar-refractivity contribution >= 4 is 34.8 Å². The third-order valence-corrected chi connectivity index (χ3v) is 3.53. The molecule has 2 aromatic rings. The largest absolute Gasteiger partial charge is 0.506 e. The van der Waals surface area contributed by atoms with Crippen molar-refractivity contribution in [3.8, 4) is 5.75 Å². The minimum absolute atomic E-state index is 0.106. The Morgan fingerprint density at radius 1 is 1.00 bits per heavy atom. The minimum Gasteiger partial charge on any atom is -0.506 e. The highest BCUT2D eigenvalue weighted by molar-refractivity contribution is 6.44. The number of carbonyl (C=O) groups is 2. The van der Waals surface area contributed by atoms with E-state index >= 15 is 0 Å². The zero-order valence-corrected chi connectivity index (χ0v) is 12.9. The second-order valence-electron chi connectivity index (χ2n) is 4.84.